The zero-order chi connectivity index (χ0) is 24.7. The summed E-state index contributed by atoms with van der Waals surface area (Å²) in [5.41, 5.74) is 4.24. The van der Waals surface area contributed by atoms with E-state index in [-0.39, 0.29) is 17.9 Å². The number of ether oxygens (including phenoxy) is 1. The number of phosphoric ester groups is 1. The molecule has 0 spiro atoms. The molecule has 5 N–H and O–H groups in total. The second kappa shape index (κ2) is 11.6. The van der Waals surface area contributed by atoms with E-state index in [1.807, 2.05) is 24.3 Å². The topological polar surface area (TPSA) is 122 Å². The molecule has 2 rings (SSSR count). The molecule has 0 bridgehead atoms. The molecule has 2 aromatic rings. The first kappa shape index (κ1) is 27.5. The van der Waals surface area contributed by atoms with Crippen LogP contribution < -0.4 is 10.5 Å². The third kappa shape index (κ3) is 9.58. The normalized spacial score (nSPS) is 14.4. The summed E-state index contributed by atoms with van der Waals surface area (Å²) >= 11 is 3.34. The van der Waals surface area contributed by atoms with Gasteiger partial charge in [0.25, 0.3) is 0 Å². The number of aliphatic hydroxyl groups is 1. The van der Waals surface area contributed by atoms with Gasteiger partial charge in [-0.15, -0.1) is 0 Å². The van der Waals surface area contributed by atoms with Gasteiger partial charge in [0.2, 0.25) is 0 Å². The summed E-state index contributed by atoms with van der Waals surface area (Å²) in [6.07, 6.45) is -1.19. The molecule has 0 aliphatic carbocycles. The molecule has 0 aliphatic heterocycles. The number of phosphoric acid groups is 1. The molecule has 0 saturated heterocycles. The van der Waals surface area contributed by atoms with Crippen LogP contribution in [0, 0.1) is 0 Å². The summed E-state index contributed by atoms with van der Waals surface area (Å²) in [7, 11) is -4.84. The summed E-state index contributed by atoms with van der Waals surface area (Å²) in [5.74, 6) is -0.318. The van der Waals surface area contributed by atoms with Gasteiger partial charge in [0, 0.05) is 4.47 Å². The van der Waals surface area contributed by atoms with Crippen molar-refractivity contribution in [1.82, 2.24) is 0 Å². The molecular formula is C21H24BrF3NO6P. The molecule has 7 nitrogen and oxygen atoms in total. The maximum Gasteiger partial charge on any atom is 0.469 e. The molecule has 33 heavy (non-hydrogen) atoms. The van der Waals surface area contributed by atoms with Crippen LogP contribution in [-0.2, 0) is 21.7 Å². The van der Waals surface area contributed by atoms with E-state index in [0.717, 1.165) is 22.2 Å². The Morgan fingerprint density at radius 3 is 2.36 bits per heavy atom. The van der Waals surface area contributed by atoms with Crippen LogP contribution in [0.25, 0.3) is 6.08 Å². The Hall–Kier alpha value is -1.72. The highest BCUT2D eigenvalue weighted by Gasteiger charge is 2.34. The highest BCUT2D eigenvalue weighted by molar-refractivity contribution is 9.10. The third-order valence-electron chi connectivity index (χ3n) is 4.49. The predicted octanol–water partition coefficient (Wildman–Crippen LogP) is 4.29. The van der Waals surface area contributed by atoms with Crippen LogP contribution in [0.2, 0.25) is 0 Å². The van der Waals surface area contributed by atoms with Crippen molar-refractivity contribution in [3.63, 3.8) is 0 Å². The lowest BCUT2D eigenvalue weighted by atomic mass is 10.0. The first-order chi connectivity index (χ1) is 15.3. The maximum absolute atomic E-state index is 13.6. The molecule has 2 aromatic carbocycles. The first-order valence-corrected chi connectivity index (χ1v) is 12.0. The Morgan fingerprint density at radius 1 is 1.12 bits per heavy atom. The molecule has 0 aromatic heterocycles. The third-order valence-corrected chi connectivity index (χ3v) is 5.49. The van der Waals surface area contributed by atoms with Crippen molar-refractivity contribution < 1.29 is 41.9 Å². The zero-order valence-electron chi connectivity index (χ0n) is 17.3. The molecule has 0 saturated carbocycles. The Labute approximate surface area is 197 Å². The number of benzene rings is 2. The number of hydrogen-bond acceptors (Lipinski definition) is 5. The molecule has 0 fully saturated rings. The predicted molar refractivity (Wildman–Crippen MR) is 120 cm³/mol. The van der Waals surface area contributed by atoms with Crippen molar-refractivity contribution in [2.75, 3.05) is 19.8 Å². The van der Waals surface area contributed by atoms with Gasteiger partial charge < -0.3 is 25.4 Å². The first-order valence-electron chi connectivity index (χ1n) is 9.69. The van der Waals surface area contributed by atoms with Gasteiger partial charge in [-0.05, 0) is 48.2 Å². The lowest BCUT2D eigenvalue weighted by Crippen LogP contribution is -2.45. The molecule has 182 valence electrons. The molecule has 0 aliphatic rings. The van der Waals surface area contributed by atoms with E-state index in [1.54, 1.807) is 0 Å². The van der Waals surface area contributed by atoms with E-state index in [1.165, 1.54) is 18.2 Å². The molecule has 0 heterocycles. The smallest absolute Gasteiger partial charge is 0.469 e. The second-order valence-electron chi connectivity index (χ2n) is 7.32. The van der Waals surface area contributed by atoms with Gasteiger partial charge in [-0.25, -0.2) is 4.57 Å². The largest absolute Gasteiger partial charge is 0.493 e. The van der Waals surface area contributed by atoms with E-state index < -0.39 is 38.3 Å². The molecule has 12 heteroatoms. The Balaban J connectivity index is 2.09. The van der Waals surface area contributed by atoms with Crippen molar-refractivity contribution in [3.8, 4) is 5.75 Å². The molecule has 0 amide bonds. The average molecular weight is 554 g/mol. The number of rotatable bonds is 11. The fourth-order valence-electron chi connectivity index (χ4n) is 2.72. The van der Waals surface area contributed by atoms with E-state index in [4.69, 9.17) is 20.3 Å². The van der Waals surface area contributed by atoms with Crippen molar-refractivity contribution in [1.29, 1.82) is 0 Å². The van der Waals surface area contributed by atoms with Gasteiger partial charge in [-0.3, -0.25) is 4.52 Å². The monoisotopic (exact) mass is 553 g/mol. The quantitative estimate of drug-likeness (QED) is 0.242. The van der Waals surface area contributed by atoms with Gasteiger partial charge in [0.15, 0.2) is 0 Å². The van der Waals surface area contributed by atoms with E-state index in [0.29, 0.717) is 12.8 Å². The van der Waals surface area contributed by atoms with Crippen molar-refractivity contribution in [2.24, 2.45) is 5.73 Å². The summed E-state index contributed by atoms with van der Waals surface area (Å²) < 4.78 is 62.1. The summed E-state index contributed by atoms with van der Waals surface area (Å²) in [6, 6.07) is 11.0. The van der Waals surface area contributed by atoms with Crippen LogP contribution in [-0.4, -0.2) is 40.3 Å². The number of halogens is 4. The van der Waals surface area contributed by atoms with Gasteiger partial charge in [-0.2, -0.15) is 13.2 Å². The van der Waals surface area contributed by atoms with Crippen LogP contribution in [0.5, 0.6) is 5.75 Å². The van der Waals surface area contributed by atoms with Crippen molar-refractivity contribution in [2.45, 2.75) is 24.6 Å². The number of nitrogens with two attached hydrogens (primary N) is 1. The minimum absolute atomic E-state index is 0.0878. The minimum atomic E-state index is -4.84. The molecular weight excluding hydrogens is 530 g/mol. The van der Waals surface area contributed by atoms with Gasteiger partial charge in [0.05, 0.1) is 30.9 Å². The Kier molecular flexibility index (Phi) is 9.69. The number of aliphatic hydroxyl groups excluding tert-OH is 1. The molecule has 1 unspecified atom stereocenters. The fraction of sp³-hybridized carbons (Fsp3) is 0.333. The van der Waals surface area contributed by atoms with Crippen LogP contribution in [0.4, 0.5) is 13.2 Å². The summed E-state index contributed by atoms with van der Waals surface area (Å²) in [4.78, 5) is 17.5. The lowest BCUT2D eigenvalue weighted by molar-refractivity contribution is -0.139. The number of alkyl halides is 3. The van der Waals surface area contributed by atoms with E-state index in [9.17, 15) is 22.8 Å². The average Bonchev–Trinajstić information content (AvgIpc) is 2.74. The SMILES string of the molecule is NC(/C=C/c1ccc(OCCCc2ccc(Br)cc2)c(C(F)(F)F)c1)(CO)COP(=O)(O)O. The van der Waals surface area contributed by atoms with Crippen LogP contribution in [0.15, 0.2) is 53.0 Å². The highest BCUT2D eigenvalue weighted by Crippen LogP contribution is 2.38. The standard InChI is InChI=1S/C21H24BrF3NO6P/c22-17-6-3-15(4-7-17)2-1-11-31-19-8-5-16(12-18(19)21(23,24)25)9-10-20(26,13-27)14-32-33(28,29)30/h3-10,12,27H,1-2,11,13-14,26H2,(H2,28,29,30)/b10-9+. The summed E-state index contributed by atoms with van der Waals surface area (Å²) in [5, 5.41) is 9.39. The maximum atomic E-state index is 13.6. The Bertz CT molecular complexity index is 996. The number of aryl methyl sites for hydroxylation is 1. The van der Waals surface area contributed by atoms with Crippen molar-refractivity contribution >= 4 is 29.8 Å². The molecule has 1 atom stereocenters. The van der Waals surface area contributed by atoms with Gasteiger partial charge >= 0.3 is 14.0 Å². The van der Waals surface area contributed by atoms with Crippen molar-refractivity contribution in [3.05, 3.63) is 69.7 Å². The molecule has 0 radical (unpaired) electrons. The second-order valence-corrected chi connectivity index (χ2v) is 9.48. The van der Waals surface area contributed by atoms with Crippen LogP contribution in [0.3, 0.4) is 0 Å². The fourth-order valence-corrected chi connectivity index (χ4v) is 3.39. The van der Waals surface area contributed by atoms with Gasteiger partial charge in [-0.1, -0.05) is 46.3 Å². The highest BCUT2D eigenvalue weighted by atomic mass is 79.9. The van der Waals surface area contributed by atoms with Gasteiger partial charge in [0.1, 0.15) is 5.75 Å². The van der Waals surface area contributed by atoms with E-state index >= 15 is 0 Å². The van der Waals surface area contributed by atoms with Crippen LogP contribution >= 0.6 is 23.8 Å². The lowest BCUT2D eigenvalue weighted by Gasteiger charge is -2.23. The minimum Gasteiger partial charge on any atom is -0.493 e. The summed E-state index contributed by atoms with van der Waals surface area (Å²) in [6.45, 7) is -1.41. The number of hydrogen-bond donors (Lipinski definition) is 4. The Morgan fingerprint density at radius 2 is 1.79 bits per heavy atom. The zero-order valence-corrected chi connectivity index (χ0v) is 19.8. The van der Waals surface area contributed by atoms with E-state index in [2.05, 4.69) is 20.5 Å². The van der Waals surface area contributed by atoms with Crippen LogP contribution in [0.1, 0.15) is 23.1 Å².